The first-order chi connectivity index (χ1) is 47.8. The molecule has 0 aromatic carbocycles. The lowest BCUT2D eigenvalue weighted by molar-refractivity contribution is -0.161. The summed E-state index contributed by atoms with van der Waals surface area (Å²) in [7, 11) is -4.41. The number of unbranched alkanes of at least 4 members (excludes halogenated alkanes) is 29. The molecule has 0 aliphatic rings. The summed E-state index contributed by atoms with van der Waals surface area (Å²) in [6.07, 6.45) is 120. The highest BCUT2D eigenvalue weighted by Crippen LogP contribution is 2.43. The van der Waals surface area contributed by atoms with Crippen LogP contribution in [0.4, 0.5) is 0 Å². The van der Waals surface area contributed by atoms with Crippen LogP contribution in [-0.4, -0.2) is 49.3 Å². The van der Waals surface area contributed by atoms with E-state index in [9.17, 15) is 19.0 Å². The summed E-state index contributed by atoms with van der Waals surface area (Å²) in [6, 6.07) is 0. The Morgan fingerprint density at radius 1 is 0.309 bits per heavy atom. The van der Waals surface area contributed by atoms with Gasteiger partial charge in [0.2, 0.25) is 0 Å². The van der Waals surface area contributed by atoms with Crippen molar-refractivity contribution in [3.63, 3.8) is 0 Å². The van der Waals surface area contributed by atoms with E-state index in [1.807, 2.05) is 0 Å². The minimum atomic E-state index is -4.41. The number of phosphoric acid groups is 1. The lowest BCUT2D eigenvalue weighted by atomic mass is 10.0. The van der Waals surface area contributed by atoms with Crippen LogP contribution in [0.2, 0.25) is 0 Å². The van der Waals surface area contributed by atoms with Crippen LogP contribution in [0, 0.1) is 0 Å². The maximum Gasteiger partial charge on any atom is 0.472 e. The van der Waals surface area contributed by atoms with Gasteiger partial charge in [0, 0.05) is 19.4 Å². The van der Waals surface area contributed by atoms with Crippen molar-refractivity contribution < 1.29 is 37.6 Å². The van der Waals surface area contributed by atoms with Gasteiger partial charge < -0.3 is 20.1 Å². The molecular formula is C87H144NO8P. The highest BCUT2D eigenvalue weighted by Gasteiger charge is 2.26. The molecule has 3 N–H and O–H groups in total. The molecular weight excluding hydrogens is 1220 g/mol. The van der Waals surface area contributed by atoms with Crippen LogP contribution in [-0.2, 0) is 32.7 Å². The summed E-state index contributed by atoms with van der Waals surface area (Å²) >= 11 is 0. The molecule has 550 valence electrons. The number of carbonyl (C=O) groups is 2. The molecule has 0 spiro atoms. The number of carbonyl (C=O) groups excluding carboxylic acids is 2. The minimum absolute atomic E-state index is 0.0445. The molecule has 0 aromatic rings. The number of nitrogens with two attached hydrogens (primary N) is 1. The van der Waals surface area contributed by atoms with Crippen molar-refractivity contribution in [2.45, 2.75) is 328 Å². The smallest absolute Gasteiger partial charge is 0.462 e. The van der Waals surface area contributed by atoms with Gasteiger partial charge in [0.1, 0.15) is 6.61 Å². The number of esters is 2. The molecule has 0 aliphatic carbocycles. The van der Waals surface area contributed by atoms with E-state index < -0.39 is 26.5 Å². The predicted octanol–water partition coefficient (Wildman–Crippen LogP) is 26.6. The number of hydrogen-bond acceptors (Lipinski definition) is 8. The fourth-order valence-corrected chi connectivity index (χ4v) is 11.3. The molecule has 0 bridgehead atoms. The monoisotopic (exact) mass is 1360 g/mol. The molecule has 0 heterocycles. The van der Waals surface area contributed by atoms with Crippen LogP contribution >= 0.6 is 7.82 Å². The average molecular weight is 1360 g/mol. The van der Waals surface area contributed by atoms with E-state index in [1.54, 1.807) is 0 Å². The first kappa shape index (κ1) is 92.1. The summed E-state index contributed by atoms with van der Waals surface area (Å²) in [6.45, 7) is 3.52. The first-order valence-corrected chi connectivity index (χ1v) is 40.8. The molecule has 0 amide bonds. The molecule has 2 unspecified atom stereocenters. The van der Waals surface area contributed by atoms with Gasteiger partial charge in [-0.25, -0.2) is 4.57 Å². The highest BCUT2D eigenvalue weighted by molar-refractivity contribution is 7.47. The number of rotatable bonds is 72. The zero-order chi connectivity index (χ0) is 70.0. The van der Waals surface area contributed by atoms with Gasteiger partial charge in [-0.15, -0.1) is 0 Å². The lowest BCUT2D eigenvalue weighted by Crippen LogP contribution is -2.29. The Morgan fingerprint density at radius 3 is 0.794 bits per heavy atom. The number of phosphoric ester groups is 1. The second-order valence-electron chi connectivity index (χ2n) is 25.5. The summed E-state index contributed by atoms with van der Waals surface area (Å²) in [5.74, 6) is -0.840. The maximum atomic E-state index is 12.8. The van der Waals surface area contributed by atoms with Crippen molar-refractivity contribution in [3.8, 4) is 0 Å². The van der Waals surface area contributed by atoms with Gasteiger partial charge in [-0.2, -0.15) is 0 Å². The molecule has 0 aliphatic heterocycles. The van der Waals surface area contributed by atoms with E-state index in [-0.39, 0.29) is 38.6 Å². The third-order valence-corrected chi connectivity index (χ3v) is 17.3. The molecule has 0 aromatic heterocycles. The second-order valence-corrected chi connectivity index (χ2v) is 26.9. The summed E-state index contributed by atoms with van der Waals surface area (Å²) < 4.78 is 33.2. The van der Waals surface area contributed by atoms with Gasteiger partial charge in [-0.1, -0.05) is 357 Å². The Labute approximate surface area is 596 Å². The number of allylic oxidation sites excluding steroid dienone is 30. The third-order valence-electron chi connectivity index (χ3n) is 16.3. The predicted molar refractivity (Wildman–Crippen MR) is 422 cm³/mol. The Bertz CT molecular complexity index is 2250. The fourth-order valence-electron chi connectivity index (χ4n) is 10.6. The molecule has 0 radical (unpaired) electrons. The SMILES string of the molecule is CC/C=C\C/C=C\C/C=C\C/C=C\C/C=C\C/C=C\C/C=C\C/C=C\C/C=C\C/C=C\C/C=C\CCCCCCCCCC(=O)OC(COC(=O)CCCCCCCCCCCCCCCCCCCCCCCC/C=C\C/C=C\C/C=C\C/C=C\CC)COP(=O)(O)OCCN. The Hall–Kier alpha value is -4.89. The van der Waals surface area contributed by atoms with Gasteiger partial charge in [-0.3, -0.25) is 18.6 Å². The van der Waals surface area contributed by atoms with Crippen molar-refractivity contribution in [1.29, 1.82) is 0 Å². The van der Waals surface area contributed by atoms with E-state index in [2.05, 4.69) is 196 Å². The van der Waals surface area contributed by atoms with Crippen LogP contribution in [0.15, 0.2) is 182 Å². The molecule has 9 nitrogen and oxygen atoms in total. The number of ether oxygens (including phenoxy) is 2. The van der Waals surface area contributed by atoms with Crippen molar-refractivity contribution in [3.05, 3.63) is 182 Å². The van der Waals surface area contributed by atoms with Gasteiger partial charge in [0.15, 0.2) is 6.10 Å². The fraction of sp³-hybridized carbons (Fsp3) is 0.632. The Kier molecular flexibility index (Phi) is 76.1. The molecule has 10 heteroatoms. The zero-order valence-corrected chi connectivity index (χ0v) is 62.9. The highest BCUT2D eigenvalue weighted by atomic mass is 31.2. The second kappa shape index (κ2) is 80.1. The standard InChI is InChI=1S/C87H144NO8P/c1-3-5-7-9-11-13-15-17-19-21-23-25-27-29-31-33-35-37-39-40-41-42-43-44-46-48-50-52-54-56-58-60-62-64-66-68-70-72-74-76-78-80-87(90)96-85(84-95-97(91,92)94-82-81-88)83-93-86(89)79-77-75-73-71-69-67-65-63-61-59-57-55-53-51-49-47-45-38-36-34-32-30-28-26-24-22-20-18-16-14-12-10-8-6-4-2/h5-8,11-14,17-20,23-26,29,31,35,37,40-41,43-44,48,50,54,56,60,62,85H,3-4,9-10,15-16,21-22,27-28,30,32-34,36,38-39,42,45-47,49,51-53,55,57-59,61,63-84,88H2,1-2H3,(H,91,92)/b7-5-,8-6-,13-11-,14-12-,19-17-,20-18-,25-23-,26-24-,31-29-,37-35-,41-40-,44-43-,50-48-,56-54-,62-60-. The Morgan fingerprint density at radius 2 is 0.536 bits per heavy atom. The van der Waals surface area contributed by atoms with Crippen LogP contribution < -0.4 is 5.73 Å². The molecule has 97 heavy (non-hydrogen) atoms. The van der Waals surface area contributed by atoms with Gasteiger partial charge in [-0.05, 0) is 135 Å². The largest absolute Gasteiger partial charge is 0.472 e. The topological polar surface area (TPSA) is 134 Å². The summed E-state index contributed by atoms with van der Waals surface area (Å²) in [5.41, 5.74) is 5.41. The maximum absolute atomic E-state index is 12.8. The summed E-state index contributed by atoms with van der Waals surface area (Å²) in [4.78, 5) is 35.5. The molecule has 0 saturated carbocycles. The zero-order valence-electron chi connectivity index (χ0n) is 62.0. The summed E-state index contributed by atoms with van der Waals surface area (Å²) in [5, 5.41) is 0. The van der Waals surface area contributed by atoms with Crippen LogP contribution in [0.25, 0.3) is 0 Å². The lowest BCUT2D eigenvalue weighted by Gasteiger charge is -2.19. The van der Waals surface area contributed by atoms with Gasteiger partial charge in [0.05, 0.1) is 13.2 Å². The molecule has 2 atom stereocenters. The average Bonchev–Trinajstić information content (AvgIpc) is 2.57. The first-order valence-electron chi connectivity index (χ1n) is 39.3. The van der Waals surface area contributed by atoms with E-state index >= 15 is 0 Å². The number of hydrogen-bond donors (Lipinski definition) is 2. The van der Waals surface area contributed by atoms with Crippen LogP contribution in [0.1, 0.15) is 322 Å². The van der Waals surface area contributed by atoms with Crippen molar-refractivity contribution in [2.75, 3.05) is 26.4 Å². The van der Waals surface area contributed by atoms with Gasteiger partial charge >= 0.3 is 19.8 Å². The molecule has 0 rings (SSSR count). The Balaban J connectivity index is 3.91. The van der Waals surface area contributed by atoms with Crippen LogP contribution in [0.5, 0.6) is 0 Å². The van der Waals surface area contributed by atoms with E-state index in [0.29, 0.717) is 6.42 Å². The minimum Gasteiger partial charge on any atom is -0.462 e. The van der Waals surface area contributed by atoms with Gasteiger partial charge in [0.25, 0.3) is 0 Å². The molecule has 0 fully saturated rings. The van der Waals surface area contributed by atoms with Crippen molar-refractivity contribution >= 4 is 19.8 Å². The van der Waals surface area contributed by atoms with E-state index in [4.69, 9.17) is 24.3 Å². The van der Waals surface area contributed by atoms with E-state index in [0.717, 1.165) is 148 Å². The third kappa shape index (κ3) is 80.0. The van der Waals surface area contributed by atoms with Crippen molar-refractivity contribution in [1.82, 2.24) is 0 Å². The van der Waals surface area contributed by atoms with E-state index in [1.165, 1.54) is 141 Å². The molecule has 0 saturated heterocycles. The van der Waals surface area contributed by atoms with Crippen molar-refractivity contribution in [2.24, 2.45) is 5.73 Å². The van der Waals surface area contributed by atoms with Crippen LogP contribution in [0.3, 0.4) is 0 Å². The normalized spacial score (nSPS) is 13.9. The quantitative estimate of drug-likeness (QED) is 0.0264.